The quantitative estimate of drug-likeness (QED) is 0.708. The van der Waals surface area contributed by atoms with Crippen LogP contribution in [0.3, 0.4) is 0 Å². The van der Waals surface area contributed by atoms with E-state index in [9.17, 15) is 4.79 Å². The second-order valence-electron chi connectivity index (χ2n) is 4.33. The lowest BCUT2D eigenvalue weighted by Gasteiger charge is -2.35. The van der Waals surface area contributed by atoms with Gasteiger partial charge in [-0.2, -0.15) is 0 Å². The number of morpholine rings is 1. The zero-order valence-electron chi connectivity index (χ0n) is 8.99. The lowest BCUT2D eigenvalue weighted by molar-refractivity contribution is -0.157. The predicted molar refractivity (Wildman–Crippen MR) is 57.4 cm³/mol. The Bertz CT molecular complexity index is 359. The van der Waals surface area contributed by atoms with E-state index in [2.05, 4.69) is 5.32 Å². The van der Waals surface area contributed by atoms with E-state index in [0.717, 1.165) is 5.56 Å². The summed E-state index contributed by atoms with van der Waals surface area (Å²) in [7, 11) is 0. The molecule has 1 fully saturated rings. The first-order valence-corrected chi connectivity index (χ1v) is 5.09. The van der Waals surface area contributed by atoms with Crippen molar-refractivity contribution in [2.75, 3.05) is 6.61 Å². The molecule has 0 unspecified atom stereocenters. The summed E-state index contributed by atoms with van der Waals surface area (Å²) in [5.74, 6) is -0.185. The van der Waals surface area contributed by atoms with Gasteiger partial charge in [0, 0.05) is 0 Å². The third-order valence-electron chi connectivity index (χ3n) is 2.63. The molecule has 1 aliphatic rings. The molecule has 1 atom stereocenters. The van der Waals surface area contributed by atoms with Gasteiger partial charge in [-0.15, -0.1) is 0 Å². The number of hydrogen-bond donors (Lipinski definition) is 1. The fourth-order valence-corrected chi connectivity index (χ4v) is 1.74. The highest BCUT2D eigenvalue weighted by Crippen LogP contribution is 2.22. The molecule has 1 heterocycles. The highest BCUT2D eigenvalue weighted by molar-refractivity contribution is 5.80. The van der Waals surface area contributed by atoms with Crippen molar-refractivity contribution in [3.8, 4) is 0 Å². The molecule has 1 aromatic carbocycles. The largest absolute Gasteiger partial charge is 0.462 e. The van der Waals surface area contributed by atoms with Crippen LogP contribution in [0.5, 0.6) is 0 Å². The monoisotopic (exact) mass is 205 g/mol. The summed E-state index contributed by atoms with van der Waals surface area (Å²) in [4.78, 5) is 11.4. The van der Waals surface area contributed by atoms with Gasteiger partial charge < -0.3 is 4.74 Å². The molecule has 1 N–H and O–H groups in total. The van der Waals surface area contributed by atoms with Crippen LogP contribution in [-0.4, -0.2) is 18.1 Å². The van der Waals surface area contributed by atoms with Crippen molar-refractivity contribution in [3.05, 3.63) is 35.9 Å². The zero-order chi connectivity index (χ0) is 10.9. The Labute approximate surface area is 89.4 Å². The highest BCUT2D eigenvalue weighted by Gasteiger charge is 2.37. The van der Waals surface area contributed by atoms with Crippen LogP contribution < -0.4 is 5.32 Å². The van der Waals surface area contributed by atoms with Gasteiger partial charge >= 0.3 is 5.97 Å². The molecule has 0 spiro atoms. The summed E-state index contributed by atoms with van der Waals surface area (Å²) in [6.45, 7) is 4.08. The van der Waals surface area contributed by atoms with Gasteiger partial charge in [0.2, 0.25) is 0 Å². The average molecular weight is 205 g/mol. The number of benzene rings is 1. The number of carbonyl (C=O) groups is 1. The van der Waals surface area contributed by atoms with E-state index >= 15 is 0 Å². The van der Waals surface area contributed by atoms with E-state index in [1.165, 1.54) is 0 Å². The van der Waals surface area contributed by atoms with Gasteiger partial charge in [0.15, 0.2) is 0 Å². The van der Waals surface area contributed by atoms with E-state index in [0.29, 0.717) is 6.61 Å². The molecular formula is C12H15NO2. The smallest absolute Gasteiger partial charge is 0.325 e. The third kappa shape index (κ3) is 2.02. The summed E-state index contributed by atoms with van der Waals surface area (Å²) in [6.07, 6.45) is 0. The Morgan fingerprint density at radius 3 is 2.60 bits per heavy atom. The number of rotatable bonds is 1. The Hall–Kier alpha value is -1.35. The van der Waals surface area contributed by atoms with Gasteiger partial charge in [-0.1, -0.05) is 30.3 Å². The molecule has 80 valence electrons. The zero-order valence-corrected chi connectivity index (χ0v) is 8.99. The molecule has 15 heavy (non-hydrogen) atoms. The number of ether oxygens (including phenoxy) is 1. The Balaban J connectivity index is 2.17. The molecule has 1 aliphatic heterocycles. The standard InChI is InChI=1S/C12H15NO2/c1-12(2)11(14)15-8-10(13-12)9-6-4-3-5-7-9/h3-7,10,13H,8H2,1-2H3/t10-/m0/s1. The molecular weight excluding hydrogens is 190 g/mol. The first-order valence-electron chi connectivity index (χ1n) is 5.09. The first-order chi connectivity index (χ1) is 7.09. The van der Waals surface area contributed by atoms with Crippen LogP contribution >= 0.6 is 0 Å². The van der Waals surface area contributed by atoms with Crippen molar-refractivity contribution >= 4 is 5.97 Å². The summed E-state index contributed by atoms with van der Waals surface area (Å²) >= 11 is 0. The normalized spacial score (nSPS) is 24.7. The van der Waals surface area contributed by atoms with Crippen LogP contribution in [0.15, 0.2) is 30.3 Å². The van der Waals surface area contributed by atoms with Gasteiger partial charge in [-0.3, -0.25) is 10.1 Å². The SMILES string of the molecule is CC1(C)N[C@H](c2ccccc2)COC1=O. The third-order valence-corrected chi connectivity index (χ3v) is 2.63. The second kappa shape index (κ2) is 3.66. The molecule has 0 radical (unpaired) electrons. The molecule has 0 aliphatic carbocycles. The van der Waals surface area contributed by atoms with Crippen molar-refractivity contribution in [1.29, 1.82) is 0 Å². The van der Waals surface area contributed by atoms with Crippen LogP contribution in [0, 0.1) is 0 Å². The molecule has 3 nitrogen and oxygen atoms in total. The Kier molecular flexibility index (Phi) is 2.49. The maximum Gasteiger partial charge on any atom is 0.325 e. The fraction of sp³-hybridized carbons (Fsp3) is 0.417. The summed E-state index contributed by atoms with van der Waals surface area (Å²) in [5, 5.41) is 3.28. The first kappa shape index (κ1) is 10.2. The molecule has 0 aromatic heterocycles. The van der Waals surface area contributed by atoms with Gasteiger partial charge in [0.25, 0.3) is 0 Å². The van der Waals surface area contributed by atoms with E-state index < -0.39 is 5.54 Å². The summed E-state index contributed by atoms with van der Waals surface area (Å²) in [6, 6.07) is 10.1. The van der Waals surface area contributed by atoms with E-state index in [-0.39, 0.29) is 12.0 Å². The minimum absolute atomic E-state index is 0.0962. The van der Waals surface area contributed by atoms with Crippen molar-refractivity contribution in [2.45, 2.75) is 25.4 Å². The number of cyclic esters (lactones) is 1. The molecule has 1 aromatic rings. The summed E-state index contributed by atoms with van der Waals surface area (Å²) < 4.78 is 5.16. The highest BCUT2D eigenvalue weighted by atomic mass is 16.5. The molecule has 3 heteroatoms. The van der Waals surface area contributed by atoms with Crippen molar-refractivity contribution in [3.63, 3.8) is 0 Å². The maximum atomic E-state index is 11.4. The van der Waals surface area contributed by atoms with Gasteiger partial charge in [-0.25, -0.2) is 0 Å². The maximum absolute atomic E-state index is 11.4. The topological polar surface area (TPSA) is 38.3 Å². The fourth-order valence-electron chi connectivity index (χ4n) is 1.74. The van der Waals surface area contributed by atoms with Gasteiger partial charge in [-0.05, 0) is 19.4 Å². The molecule has 0 saturated carbocycles. The van der Waals surface area contributed by atoms with Crippen molar-refractivity contribution in [1.82, 2.24) is 5.32 Å². The number of nitrogens with one attached hydrogen (secondary N) is 1. The minimum atomic E-state index is -0.598. The molecule has 0 bridgehead atoms. The van der Waals surface area contributed by atoms with E-state index in [4.69, 9.17) is 4.74 Å². The van der Waals surface area contributed by atoms with Crippen LogP contribution in [0.4, 0.5) is 0 Å². The molecule has 0 amide bonds. The predicted octanol–water partition coefficient (Wildman–Crippen LogP) is 1.65. The van der Waals surface area contributed by atoms with Crippen LogP contribution in [0.1, 0.15) is 25.5 Å². The number of carbonyl (C=O) groups excluding carboxylic acids is 1. The van der Waals surface area contributed by atoms with Crippen molar-refractivity contribution < 1.29 is 9.53 Å². The van der Waals surface area contributed by atoms with Gasteiger partial charge in [0.1, 0.15) is 12.1 Å². The lowest BCUT2D eigenvalue weighted by Crippen LogP contribution is -2.54. The van der Waals surface area contributed by atoms with E-state index in [1.807, 2.05) is 44.2 Å². The lowest BCUT2D eigenvalue weighted by atomic mass is 9.98. The number of esters is 1. The molecule has 1 saturated heterocycles. The average Bonchev–Trinajstić information content (AvgIpc) is 2.23. The Morgan fingerprint density at radius 2 is 2.00 bits per heavy atom. The Morgan fingerprint density at radius 1 is 1.33 bits per heavy atom. The molecule has 2 rings (SSSR count). The number of hydrogen-bond acceptors (Lipinski definition) is 3. The minimum Gasteiger partial charge on any atom is -0.462 e. The second-order valence-corrected chi connectivity index (χ2v) is 4.33. The van der Waals surface area contributed by atoms with Gasteiger partial charge in [0.05, 0.1) is 6.04 Å². The van der Waals surface area contributed by atoms with Crippen LogP contribution in [0.25, 0.3) is 0 Å². The van der Waals surface area contributed by atoms with E-state index in [1.54, 1.807) is 0 Å². The summed E-state index contributed by atoms with van der Waals surface area (Å²) in [5.41, 5.74) is 0.553. The van der Waals surface area contributed by atoms with Crippen LogP contribution in [-0.2, 0) is 9.53 Å². The van der Waals surface area contributed by atoms with Crippen molar-refractivity contribution in [2.24, 2.45) is 0 Å². The van der Waals surface area contributed by atoms with Crippen LogP contribution in [0.2, 0.25) is 0 Å².